The van der Waals surface area contributed by atoms with Crippen LogP contribution in [0.4, 0.5) is 0 Å². The molecule has 2 aliphatic carbocycles. The van der Waals surface area contributed by atoms with Gasteiger partial charge in [-0.3, -0.25) is 4.79 Å². The van der Waals surface area contributed by atoms with Gasteiger partial charge in [-0.15, -0.1) is 0 Å². The summed E-state index contributed by atoms with van der Waals surface area (Å²) in [6, 6.07) is 10.9. The summed E-state index contributed by atoms with van der Waals surface area (Å²) in [7, 11) is 0. The minimum absolute atomic E-state index is 0.291. The smallest absolute Gasteiger partial charge is 0.163 e. The average Bonchev–Trinajstić information content (AvgIpc) is 3.26. The molecule has 0 amide bonds. The van der Waals surface area contributed by atoms with Crippen LogP contribution in [0.5, 0.6) is 0 Å². The van der Waals surface area contributed by atoms with Gasteiger partial charge >= 0.3 is 0 Å². The summed E-state index contributed by atoms with van der Waals surface area (Å²) in [6.07, 6.45) is 7.38. The van der Waals surface area contributed by atoms with Gasteiger partial charge in [0.15, 0.2) is 5.78 Å². The molecule has 25 heavy (non-hydrogen) atoms. The molecular formula is C22H20N2O. The van der Waals surface area contributed by atoms with Crippen molar-refractivity contribution in [2.45, 2.75) is 38.5 Å². The standard InChI is InChI=1S/C22H20N2O/c1-13-2-3-14-4-7-17-18(8-9-20(17)25)21(14)19-12-15(5-6-16(13)19)22-23-10-11-24-22/h4-7,10-13H,2-3,8-9H2,1H3,(H,23,24). The van der Waals surface area contributed by atoms with Crippen molar-refractivity contribution < 1.29 is 4.79 Å². The number of imidazole rings is 1. The van der Waals surface area contributed by atoms with E-state index in [0.29, 0.717) is 18.1 Å². The van der Waals surface area contributed by atoms with Crippen molar-refractivity contribution in [3.63, 3.8) is 0 Å². The highest BCUT2D eigenvalue weighted by Crippen LogP contribution is 2.44. The van der Waals surface area contributed by atoms with Gasteiger partial charge in [0.25, 0.3) is 0 Å². The molecule has 3 aromatic rings. The zero-order valence-electron chi connectivity index (χ0n) is 14.3. The number of nitrogens with zero attached hydrogens (tertiary/aromatic N) is 1. The van der Waals surface area contributed by atoms with Crippen molar-refractivity contribution in [1.82, 2.24) is 9.97 Å². The molecule has 1 unspecified atom stereocenters. The van der Waals surface area contributed by atoms with Crippen LogP contribution in [0.2, 0.25) is 0 Å². The van der Waals surface area contributed by atoms with Crippen LogP contribution in [0.3, 0.4) is 0 Å². The van der Waals surface area contributed by atoms with E-state index in [4.69, 9.17) is 0 Å². The Morgan fingerprint density at radius 2 is 2.00 bits per heavy atom. The highest BCUT2D eigenvalue weighted by molar-refractivity contribution is 6.03. The Labute approximate surface area is 147 Å². The Morgan fingerprint density at radius 3 is 2.84 bits per heavy atom. The fraction of sp³-hybridized carbons (Fsp3) is 0.273. The number of benzene rings is 2. The molecule has 0 radical (unpaired) electrons. The van der Waals surface area contributed by atoms with Gasteiger partial charge in [-0.1, -0.05) is 31.2 Å². The van der Waals surface area contributed by atoms with Crippen LogP contribution in [0, 0.1) is 0 Å². The SMILES string of the molecule is CC1CCc2ccc3c(c2-c2cc(-c4ncc[nH]4)ccc21)CCC3=O. The number of aromatic nitrogens is 2. The molecule has 0 aliphatic heterocycles. The second kappa shape index (κ2) is 5.41. The van der Waals surface area contributed by atoms with Crippen LogP contribution >= 0.6 is 0 Å². The monoisotopic (exact) mass is 328 g/mol. The average molecular weight is 328 g/mol. The van der Waals surface area contributed by atoms with Gasteiger partial charge in [0, 0.05) is 29.9 Å². The number of nitrogens with one attached hydrogen (secondary N) is 1. The number of hydrogen-bond donors (Lipinski definition) is 1. The number of rotatable bonds is 1. The molecule has 5 rings (SSSR count). The first-order chi connectivity index (χ1) is 12.2. The zero-order valence-corrected chi connectivity index (χ0v) is 14.3. The molecule has 3 heteroatoms. The van der Waals surface area contributed by atoms with Gasteiger partial charge in [-0.2, -0.15) is 0 Å². The van der Waals surface area contributed by atoms with Gasteiger partial charge < -0.3 is 4.98 Å². The van der Waals surface area contributed by atoms with Gasteiger partial charge in [0.2, 0.25) is 0 Å². The third-order valence-corrected chi connectivity index (χ3v) is 5.77. The summed E-state index contributed by atoms with van der Waals surface area (Å²) in [5.74, 6) is 1.70. The van der Waals surface area contributed by atoms with E-state index in [-0.39, 0.29) is 0 Å². The number of Topliss-reactive ketones (excluding diaryl/α,β-unsaturated/α-hetero) is 1. The van der Waals surface area contributed by atoms with E-state index in [1.54, 1.807) is 6.20 Å². The van der Waals surface area contributed by atoms with Crippen LogP contribution in [0.15, 0.2) is 42.7 Å². The first-order valence-electron chi connectivity index (χ1n) is 9.04. The number of ketones is 1. The lowest BCUT2D eigenvalue weighted by Crippen LogP contribution is -1.98. The first kappa shape index (κ1) is 14.6. The second-order valence-corrected chi connectivity index (χ2v) is 7.23. The molecule has 0 bridgehead atoms. The lowest BCUT2D eigenvalue weighted by Gasteiger charge is -2.17. The lowest BCUT2D eigenvalue weighted by atomic mass is 9.87. The van der Waals surface area contributed by atoms with E-state index in [1.165, 1.54) is 27.8 Å². The normalized spacial score (nSPS) is 18.4. The number of carbonyl (C=O) groups excluding carboxylic acids is 1. The zero-order chi connectivity index (χ0) is 17.0. The summed E-state index contributed by atoms with van der Waals surface area (Å²) in [6.45, 7) is 2.31. The highest BCUT2D eigenvalue weighted by atomic mass is 16.1. The lowest BCUT2D eigenvalue weighted by molar-refractivity contribution is 0.0994. The Balaban J connectivity index is 1.80. The molecular weight excluding hydrogens is 308 g/mol. The number of hydrogen-bond acceptors (Lipinski definition) is 2. The Kier molecular flexibility index (Phi) is 3.17. The molecule has 0 spiro atoms. The largest absolute Gasteiger partial charge is 0.345 e. The maximum atomic E-state index is 12.3. The second-order valence-electron chi connectivity index (χ2n) is 7.23. The van der Waals surface area contributed by atoms with E-state index in [2.05, 4.69) is 47.2 Å². The summed E-state index contributed by atoms with van der Waals surface area (Å²) < 4.78 is 0. The summed E-state index contributed by atoms with van der Waals surface area (Å²) in [4.78, 5) is 19.9. The van der Waals surface area contributed by atoms with Crippen molar-refractivity contribution in [1.29, 1.82) is 0 Å². The topological polar surface area (TPSA) is 45.8 Å². The molecule has 1 N–H and O–H groups in total. The van der Waals surface area contributed by atoms with E-state index < -0.39 is 0 Å². The Bertz CT molecular complexity index is 986. The molecule has 0 fully saturated rings. The van der Waals surface area contributed by atoms with E-state index in [9.17, 15) is 4.79 Å². The molecule has 2 aromatic carbocycles. The van der Waals surface area contributed by atoms with Gasteiger partial charge in [0.05, 0.1) is 0 Å². The summed E-state index contributed by atoms with van der Waals surface area (Å²) in [5, 5.41) is 0. The third kappa shape index (κ3) is 2.19. The van der Waals surface area contributed by atoms with Gasteiger partial charge in [0.1, 0.15) is 5.82 Å². The van der Waals surface area contributed by atoms with Crippen molar-refractivity contribution in [2.75, 3.05) is 0 Å². The molecule has 0 saturated carbocycles. The number of aryl methyl sites for hydroxylation is 1. The number of carbonyl (C=O) groups is 1. The van der Waals surface area contributed by atoms with Crippen LogP contribution < -0.4 is 0 Å². The van der Waals surface area contributed by atoms with E-state index >= 15 is 0 Å². The van der Waals surface area contributed by atoms with Gasteiger partial charge in [-0.25, -0.2) is 4.98 Å². The van der Waals surface area contributed by atoms with Crippen LogP contribution in [-0.4, -0.2) is 15.8 Å². The molecule has 1 aromatic heterocycles. The predicted octanol–water partition coefficient (Wildman–Crippen LogP) is 4.92. The molecule has 3 nitrogen and oxygen atoms in total. The van der Waals surface area contributed by atoms with E-state index in [1.807, 2.05) is 6.20 Å². The quantitative estimate of drug-likeness (QED) is 0.689. The fourth-order valence-electron chi connectivity index (χ4n) is 4.43. The predicted molar refractivity (Wildman–Crippen MR) is 98.8 cm³/mol. The van der Waals surface area contributed by atoms with Crippen LogP contribution in [0.25, 0.3) is 22.5 Å². The van der Waals surface area contributed by atoms with Crippen LogP contribution in [0.1, 0.15) is 52.7 Å². The Hall–Kier alpha value is -2.68. The fourth-order valence-corrected chi connectivity index (χ4v) is 4.43. The van der Waals surface area contributed by atoms with Crippen molar-refractivity contribution >= 4 is 5.78 Å². The van der Waals surface area contributed by atoms with Crippen LogP contribution in [-0.2, 0) is 12.8 Å². The van der Waals surface area contributed by atoms with Crippen molar-refractivity contribution in [3.05, 3.63) is 65.0 Å². The number of aromatic amines is 1. The third-order valence-electron chi connectivity index (χ3n) is 5.77. The summed E-state index contributed by atoms with van der Waals surface area (Å²) >= 11 is 0. The molecule has 0 saturated heterocycles. The van der Waals surface area contributed by atoms with E-state index in [0.717, 1.165) is 36.2 Å². The van der Waals surface area contributed by atoms with Crippen molar-refractivity contribution in [2.24, 2.45) is 0 Å². The highest BCUT2D eigenvalue weighted by Gasteiger charge is 2.28. The molecule has 2 aliphatic rings. The minimum atomic E-state index is 0.291. The molecule has 124 valence electrons. The maximum absolute atomic E-state index is 12.3. The molecule has 1 atom stereocenters. The minimum Gasteiger partial charge on any atom is -0.345 e. The first-order valence-corrected chi connectivity index (χ1v) is 9.04. The number of H-pyrrole nitrogens is 1. The number of fused-ring (bicyclic) bond motifs is 5. The van der Waals surface area contributed by atoms with Gasteiger partial charge in [-0.05, 0) is 59.1 Å². The maximum Gasteiger partial charge on any atom is 0.163 e. The Morgan fingerprint density at radius 1 is 1.08 bits per heavy atom. The molecule has 1 heterocycles. The summed E-state index contributed by atoms with van der Waals surface area (Å²) in [5.41, 5.74) is 8.68. The van der Waals surface area contributed by atoms with Crippen molar-refractivity contribution in [3.8, 4) is 22.5 Å².